The molecule has 1 heteroatoms. The van der Waals surface area contributed by atoms with Gasteiger partial charge in [0, 0.05) is 17.1 Å². The van der Waals surface area contributed by atoms with E-state index in [0.717, 1.165) is 22.6 Å². The molecule has 12 aromatic carbocycles. The van der Waals surface area contributed by atoms with Gasteiger partial charge in [0.1, 0.15) is 0 Å². The zero-order chi connectivity index (χ0) is 45.9. The van der Waals surface area contributed by atoms with Gasteiger partial charge in [-0.3, -0.25) is 0 Å². The van der Waals surface area contributed by atoms with E-state index in [-0.39, 0.29) is 0 Å². The molecule has 0 bridgehead atoms. The summed E-state index contributed by atoms with van der Waals surface area (Å²) in [5, 5.41) is 5.01. The largest absolute Gasteiger partial charge is 0.311 e. The Hall–Kier alpha value is -9.04. The van der Waals surface area contributed by atoms with Crippen LogP contribution in [0.3, 0.4) is 0 Å². The average molecular weight is 878 g/mol. The lowest BCUT2D eigenvalue weighted by Gasteiger charge is -2.26. The van der Waals surface area contributed by atoms with Gasteiger partial charge < -0.3 is 4.90 Å². The summed E-state index contributed by atoms with van der Waals surface area (Å²) < 4.78 is 0. The Labute approximate surface area is 404 Å². The molecule has 0 amide bonds. The Morgan fingerprint density at radius 2 is 0.493 bits per heavy atom. The number of hydrogen-bond donors (Lipinski definition) is 0. The second-order valence-electron chi connectivity index (χ2n) is 17.6. The summed E-state index contributed by atoms with van der Waals surface area (Å²) >= 11 is 0. The Bertz CT molecular complexity index is 3700. The van der Waals surface area contributed by atoms with E-state index < -0.39 is 0 Å². The van der Waals surface area contributed by atoms with Gasteiger partial charge in [0.05, 0.1) is 0 Å². The molecule has 1 nitrogen and oxygen atoms in total. The summed E-state index contributed by atoms with van der Waals surface area (Å²) in [6, 6.07) is 103. The van der Waals surface area contributed by atoms with Crippen molar-refractivity contribution in [1.29, 1.82) is 0 Å². The van der Waals surface area contributed by atoms with Gasteiger partial charge in [-0.25, -0.2) is 0 Å². The number of hydrogen-bond acceptors (Lipinski definition) is 1. The Balaban J connectivity index is 0.948. The van der Waals surface area contributed by atoms with Gasteiger partial charge in [0.25, 0.3) is 0 Å². The number of nitrogens with zero attached hydrogens (tertiary/aromatic N) is 1. The first kappa shape index (κ1) is 41.4. The SMILES string of the molecule is c1ccc(-c2ccc(N(c3ccc(-c4ccc(-c5ccccc5)c(-c5ccccc5)c4)cc3)c3ccc(-c4ccc5c(c4)c(-c4ccccc4)c(-c4ccccc4)c4ccccc45)cc3)cc2)cc1. The molecule has 0 atom stereocenters. The van der Waals surface area contributed by atoms with Gasteiger partial charge in [-0.05, 0) is 148 Å². The highest BCUT2D eigenvalue weighted by atomic mass is 15.1. The van der Waals surface area contributed by atoms with Crippen molar-refractivity contribution < 1.29 is 0 Å². The van der Waals surface area contributed by atoms with Crippen LogP contribution in [0, 0.1) is 0 Å². The van der Waals surface area contributed by atoms with Crippen molar-refractivity contribution in [2.75, 3.05) is 4.90 Å². The van der Waals surface area contributed by atoms with E-state index in [9.17, 15) is 0 Å². The molecular formula is C68H47N. The zero-order valence-electron chi connectivity index (χ0n) is 38.1. The van der Waals surface area contributed by atoms with Crippen LogP contribution in [0.15, 0.2) is 285 Å². The molecule has 0 aliphatic carbocycles. The average Bonchev–Trinajstić information content (AvgIpc) is 3.44. The van der Waals surface area contributed by atoms with Crippen molar-refractivity contribution in [2.45, 2.75) is 0 Å². The molecule has 69 heavy (non-hydrogen) atoms. The van der Waals surface area contributed by atoms with Gasteiger partial charge in [-0.2, -0.15) is 0 Å². The maximum atomic E-state index is 2.40. The fourth-order valence-corrected chi connectivity index (χ4v) is 10.1. The van der Waals surface area contributed by atoms with E-state index in [2.05, 4.69) is 290 Å². The van der Waals surface area contributed by atoms with Crippen molar-refractivity contribution >= 4 is 38.6 Å². The molecule has 0 aliphatic rings. The van der Waals surface area contributed by atoms with Crippen molar-refractivity contribution in [3.05, 3.63) is 285 Å². The van der Waals surface area contributed by atoms with E-state index in [0.29, 0.717) is 0 Å². The summed E-state index contributed by atoms with van der Waals surface area (Å²) in [5.41, 5.74) is 20.1. The third-order valence-electron chi connectivity index (χ3n) is 13.5. The fraction of sp³-hybridized carbons (Fsp3) is 0. The number of rotatable bonds is 10. The smallest absolute Gasteiger partial charge is 0.0462 e. The van der Waals surface area contributed by atoms with Gasteiger partial charge >= 0.3 is 0 Å². The molecular weight excluding hydrogens is 831 g/mol. The first-order chi connectivity index (χ1) is 34.2. The predicted molar refractivity (Wildman–Crippen MR) is 294 cm³/mol. The van der Waals surface area contributed by atoms with E-state index >= 15 is 0 Å². The van der Waals surface area contributed by atoms with Crippen molar-refractivity contribution in [3.8, 4) is 77.9 Å². The normalized spacial score (nSPS) is 11.2. The van der Waals surface area contributed by atoms with Gasteiger partial charge in [0.15, 0.2) is 0 Å². The molecule has 324 valence electrons. The van der Waals surface area contributed by atoms with Crippen molar-refractivity contribution in [2.24, 2.45) is 0 Å². The van der Waals surface area contributed by atoms with Crippen molar-refractivity contribution in [3.63, 3.8) is 0 Å². The molecule has 0 N–H and O–H groups in total. The molecule has 12 aromatic rings. The molecule has 0 heterocycles. The van der Waals surface area contributed by atoms with E-state index in [4.69, 9.17) is 0 Å². The summed E-state index contributed by atoms with van der Waals surface area (Å²) in [7, 11) is 0. The van der Waals surface area contributed by atoms with Crippen LogP contribution < -0.4 is 4.90 Å². The second kappa shape index (κ2) is 18.3. The van der Waals surface area contributed by atoms with Crippen LogP contribution in [-0.4, -0.2) is 0 Å². The maximum absolute atomic E-state index is 2.40. The standard InChI is InChI=1S/C68H47N/c1-6-18-48(19-7-1)49-30-38-58(39-31-49)69(59-40-32-50(33-41-59)56-36-44-61(52-20-8-2-9-21-52)65(46-56)53-22-10-3-11-23-53)60-42-34-51(35-43-60)57-37-45-63-62-28-16-17-29-64(62)67(54-24-12-4-13-25-54)68(66(63)47-57)55-26-14-5-15-27-55/h1-47H. The first-order valence-corrected chi connectivity index (χ1v) is 23.7. The van der Waals surface area contributed by atoms with Crippen LogP contribution in [0.4, 0.5) is 17.1 Å². The first-order valence-electron chi connectivity index (χ1n) is 23.7. The lowest BCUT2D eigenvalue weighted by molar-refractivity contribution is 1.28. The highest BCUT2D eigenvalue weighted by Crippen LogP contribution is 2.46. The van der Waals surface area contributed by atoms with Gasteiger partial charge in [-0.15, -0.1) is 0 Å². The van der Waals surface area contributed by atoms with Crippen molar-refractivity contribution in [1.82, 2.24) is 0 Å². The van der Waals surface area contributed by atoms with Crippen LogP contribution in [0.5, 0.6) is 0 Å². The minimum Gasteiger partial charge on any atom is -0.311 e. The van der Waals surface area contributed by atoms with Crippen LogP contribution in [0.1, 0.15) is 0 Å². The predicted octanol–water partition coefficient (Wildman–Crippen LogP) is 19.1. The Morgan fingerprint density at radius 3 is 0.986 bits per heavy atom. The number of fused-ring (bicyclic) bond motifs is 3. The van der Waals surface area contributed by atoms with Crippen LogP contribution in [0.25, 0.3) is 99.4 Å². The molecule has 0 aliphatic heterocycles. The molecule has 0 spiro atoms. The second-order valence-corrected chi connectivity index (χ2v) is 17.6. The van der Waals surface area contributed by atoms with E-state index in [1.165, 1.54) is 93.9 Å². The highest BCUT2D eigenvalue weighted by molar-refractivity contribution is 6.22. The maximum Gasteiger partial charge on any atom is 0.0462 e. The quantitative estimate of drug-likeness (QED) is 0.124. The van der Waals surface area contributed by atoms with E-state index in [1.807, 2.05) is 0 Å². The lowest BCUT2D eigenvalue weighted by atomic mass is 9.84. The monoisotopic (exact) mass is 877 g/mol. The lowest BCUT2D eigenvalue weighted by Crippen LogP contribution is -2.09. The van der Waals surface area contributed by atoms with Gasteiger partial charge in [0.2, 0.25) is 0 Å². The molecule has 12 rings (SSSR count). The third kappa shape index (κ3) is 8.07. The van der Waals surface area contributed by atoms with Crippen LogP contribution in [-0.2, 0) is 0 Å². The summed E-state index contributed by atoms with van der Waals surface area (Å²) in [5.74, 6) is 0. The van der Waals surface area contributed by atoms with E-state index in [1.54, 1.807) is 0 Å². The third-order valence-corrected chi connectivity index (χ3v) is 13.5. The fourth-order valence-electron chi connectivity index (χ4n) is 10.1. The Kier molecular flexibility index (Phi) is 11.0. The number of benzene rings is 12. The summed E-state index contributed by atoms with van der Waals surface area (Å²) in [4.78, 5) is 2.36. The Morgan fingerprint density at radius 1 is 0.174 bits per heavy atom. The molecule has 0 saturated heterocycles. The molecule has 0 aromatic heterocycles. The summed E-state index contributed by atoms with van der Waals surface area (Å²) in [6.07, 6.45) is 0. The highest BCUT2D eigenvalue weighted by Gasteiger charge is 2.19. The minimum atomic E-state index is 1.08. The topological polar surface area (TPSA) is 3.24 Å². The molecule has 0 radical (unpaired) electrons. The zero-order valence-corrected chi connectivity index (χ0v) is 38.1. The van der Waals surface area contributed by atoms with Crippen LogP contribution in [0.2, 0.25) is 0 Å². The molecule has 0 unspecified atom stereocenters. The van der Waals surface area contributed by atoms with Crippen LogP contribution >= 0.6 is 0 Å². The number of anilines is 3. The minimum absolute atomic E-state index is 1.08. The van der Waals surface area contributed by atoms with Gasteiger partial charge in [-0.1, -0.05) is 237 Å². The molecule has 0 fully saturated rings. The molecule has 0 saturated carbocycles. The summed E-state index contributed by atoms with van der Waals surface area (Å²) in [6.45, 7) is 0.